The maximum absolute atomic E-state index is 15.8. The number of alkyl halides is 2. The van der Waals surface area contributed by atoms with Gasteiger partial charge in [0.2, 0.25) is 0 Å². The molecule has 1 atom stereocenters. The lowest BCUT2D eigenvalue weighted by Gasteiger charge is -2.39. The molecule has 4 aromatic carbocycles. The number of rotatable bonds is 11. The second-order valence-electron chi connectivity index (χ2n) is 15.3. The highest BCUT2D eigenvalue weighted by atomic mass is 31.2. The van der Waals surface area contributed by atoms with Crippen molar-refractivity contribution in [2.75, 3.05) is 0 Å². The number of carbonyl (C=O) groups is 1. The van der Waals surface area contributed by atoms with Gasteiger partial charge in [-0.1, -0.05) is 144 Å². The minimum absolute atomic E-state index is 0.0936. The van der Waals surface area contributed by atoms with Crippen molar-refractivity contribution in [3.63, 3.8) is 0 Å². The van der Waals surface area contributed by atoms with E-state index in [9.17, 15) is 14.4 Å². The van der Waals surface area contributed by atoms with Gasteiger partial charge in [-0.25, -0.2) is 0 Å². The Morgan fingerprint density at radius 1 is 0.808 bits per heavy atom. The third-order valence-electron chi connectivity index (χ3n) is 9.23. The number of aromatic nitrogens is 2. The molecule has 10 heteroatoms. The second kappa shape index (κ2) is 14.5. The molecule has 0 saturated heterocycles. The number of allylic oxidation sites excluding steroid dienone is 1. The zero-order valence-electron chi connectivity index (χ0n) is 30.5. The van der Waals surface area contributed by atoms with Gasteiger partial charge in [0.25, 0.3) is 5.89 Å². The van der Waals surface area contributed by atoms with E-state index in [2.05, 4.69) is 10.1 Å². The normalized spacial score (nSPS) is 14.1. The number of nitrogens with zero attached hydrogens (tertiary/aromatic N) is 2. The van der Waals surface area contributed by atoms with Gasteiger partial charge >= 0.3 is 13.3 Å². The lowest BCUT2D eigenvalue weighted by atomic mass is 9.64. The topological polar surface area (TPSA) is 114 Å². The third kappa shape index (κ3) is 7.92. The lowest BCUT2D eigenvalue weighted by molar-refractivity contribution is 0.0544. The highest BCUT2D eigenvalue weighted by Crippen LogP contribution is 2.61. The van der Waals surface area contributed by atoms with Crippen LogP contribution in [0.3, 0.4) is 0 Å². The molecule has 5 aromatic rings. The van der Waals surface area contributed by atoms with Crippen LogP contribution in [0.1, 0.15) is 97.5 Å². The lowest BCUT2D eigenvalue weighted by Crippen LogP contribution is -2.39. The van der Waals surface area contributed by atoms with Crippen molar-refractivity contribution in [2.24, 2.45) is 0 Å². The molecule has 1 heterocycles. The SMILES string of the molecule is Cc1noc(-c2ccc(C(CC=Cc3ccccc3)(Cc3ccc(C(F)(F)P(=O)(O)O)c(C(C)(C)C)c3C(C)(C)C)C(=O)c3ccccc3)cc2)n1. The van der Waals surface area contributed by atoms with Gasteiger partial charge in [0.05, 0.1) is 5.41 Å². The average Bonchev–Trinajstić information content (AvgIpc) is 3.52. The monoisotopic (exact) mass is 726 g/mol. The van der Waals surface area contributed by atoms with Crippen molar-refractivity contribution >= 4 is 19.5 Å². The maximum Gasteiger partial charge on any atom is 0.399 e. The fraction of sp³-hybridized carbons (Fsp3) is 0.310. The zero-order chi connectivity index (χ0) is 38.1. The van der Waals surface area contributed by atoms with Gasteiger partial charge < -0.3 is 14.3 Å². The van der Waals surface area contributed by atoms with Gasteiger partial charge in [0.15, 0.2) is 11.6 Å². The van der Waals surface area contributed by atoms with Crippen molar-refractivity contribution in [3.05, 3.63) is 148 Å². The first-order valence-electron chi connectivity index (χ1n) is 17.1. The molecule has 0 saturated carbocycles. The Labute approximate surface area is 304 Å². The molecule has 0 radical (unpaired) electrons. The Bertz CT molecular complexity index is 2110. The Hall–Kier alpha value is -4.56. The molecule has 1 aromatic heterocycles. The summed E-state index contributed by atoms with van der Waals surface area (Å²) in [4.78, 5) is 39.3. The van der Waals surface area contributed by atoms with Crippen LogP contribution in [0.4, 0.5) is 8.78 Å². The molecule has 2 N–H and O–H groups in total. The van der Waals surface area contributed by atoms with E-state index < -0.39 is 35.1 Å². The van der Waals surface area contributed by atoms with E-state index >= 15 is 13.6 Å². The van der Waals surface area contributed by atoms with Crippen LogP contribution in [0.2, 0.25) is 0 Å². The summed E-state index contributed by atoms with van der Waals surface area (Å²) < 4.78 is 49.2. The summed E-state index contributed by atoms with van der Waals surface area (Å²) >= 11 is 0. The van der Waals surface area contributed by atoms with E-state index in [1.54, 1.807) is 52.0 Å². The number of hydrogen-bond acceptors (Lipinski definition) is 5. The smallest absolute Gasteiger partial charge is 0.334 e. The van der Waals surface area contributed by atoms with E-state index in [1.807, 2.05) is 93.6 Å². The van der Waals surface area contributed by atoms with Crippen molar-refractivity contribution < 1.29 is 32.5 Å². The van der Waals surface area contributed by atoms with Crippen LogP contribution in [0.15, 0.2) is 108 Å². The molecule has 0 aliphatic heterocycles. The molecule has 0 amide bonds. The molecule has 0 fully saturated rings. The molecule has 5 rings (SSSR count). The first-order chi connectivity index (χ1) is 24.3. The van der Waals surface area contributed by atoms with Crippen LogP contribution in [0.5, 0.6) is 0 Å². The highest BCUT2D eigenvalue weighted by Gasteiger charge is 2.53. The fourth-order valence-corrected chi connectivity index (χ4v) is 7.43. The van der Waals surface area contributed by atoms with Gasteiger partial charge in [0, 0.05) is 16.7 Å². The minimum Gasteiger partial charge on any atom is -0.334 e. The summed E-state index contributed by atoms with van der Waals surface area (Å²) in [7, 11) is -5.91. The van der Waals surface area contributed by atoms with Crippen molar-refractivity contribution in [1.29, 1.82) is 0 Å². The first-order valence-corrected chi connectivity index (χ1v) is 18.7. The maximum atomic E-state index is 15.8. The van der Waals surface area contributed by atoms with Crippen LogP contribution in [0, 0.1) is 6.92 Å². The Morgan fingerprint density at radius 2 is 1.38 bits per heavy atom. The van der Waals surface area contributed by atoms with Crippen molar-refractivity contribution in [1.82, 2.24) is 10.1 Å². The summed E-state index contributed by atoms with van der Waals surface area (Å²) in [5.41, 5.74) is -4.11. The Balaban J connectivity index is 1.82. The highest BCUT2D eigenvalue weighted by molar-refractivity contribution is 7.52. The van der Waals surface area contributed by atoms with Crippen molar-refractivity contribution in [3.8, 4) is 11.5 Å². The van der Waals surface area contributed by atoms with Crippen LogP contribution in [-0.2, 0) is 32.9 Å². The van der Waals surface area contributed by atoms with E-state index in [0.29, 0.717) is 39.5 Å². The van der Waals surface area contributed by atoms with Crippen LogP contribution in [0.25, 0.3) is 17.5 Å². The van der Waals surface area contributed by atoms with Crippen LogP contribution >= 0.6 is 7.60 Å². The number of hydrogen-bond donors (Lipinski definition) is 2. The summed E-state index contributed by atoms with van der Waals surface area (Å²) in [6.45, 7) is 12.6. The van der Waals surface area contributed by atoms with Gasteiger partial charge in [-0.2, -0.15) is 13.8 Å². The number of ketones is 1. The molecular formula is C42H45F2N2O5P. The molecule has 52 heavy (non-hydrogen) atoms. The first kappa shape index (κ1) is 38.7. The molecule has 0 aliphatic carbocycles. The van der Waals surface area contributed by atoms with Crippen LogP contribution < -0.4 is 0 Å². The molecule has 0 aliphatic rings. The van der Waals surface area contributed by atoms with E-state index in [-0.39, 0.29) is 24.2 Å². The molecule has 7 nitrogen and oxygen atoms in total. The molecule has 272 valence electrons. The predicted octanol–water partition coefficient (Wildman–Crippen LogP) is 10.3. The number of benzene rings is 4. The minimum atomic E-state index is -5.91. The van der Waals surface area contributed by atoms with Gasteiger partial charge in [-0.3, -0.25) is 9.36 Å². The van der Waals surface area contributed by atoms with E-state index in [4.69, 9.17) is 4.52 Å². The number of halogens is 2. The summed E-state index contributed by atoms with van der Waals surface area (Å²) in [6.07, 6.45) is 4.25. The number of aryl methyl sites for hydroxylation is 1. The molecule has 0 bridgehead atoms. The van der Waals surface area contributed by atoms with E-state index in [1.165, 1.54) is 6.07 Å². The summed E-state index contributed by atoms with van der Waals surface area (Å²) in [6, 6.07) is 28.7. The quantitative estimate of drug-likeness (QED) is 0.103. The molecule has 1 unspecified atom stereocenters. The zero-order valence-corrected chi connectivity index (χ0v) is 31.4. The van der Waals surface area contributed by atoms with Crippen LogP contribution in [-0.4, -0.2) is 25.7 Å². The van der Waals surface area contributed by atoms with Gasteiger partial charge in [-0.05, 0) is 70.5 Å². The van der Waals surface area contributed by atoms with Gasteiger partial charge in [0.1, 0.15) is 0 Å². The Kier molecular flexibility index (Phi) is 10.8. The number of Topliss-reactive ketones (excluding diaryl/α,β-unsaturated/α-hetero) is 1. The van der Waals surface area contributed by atoms with Crippen molar-refractivity contribution in [2.45, 2.75) is 83.2 Å². The molecular weight excluding hydrogens is 681 g/mol. The second-order valence-corrected chi connectivity index (χ2v) is 17.0. The molecule has 0 spiro atoms. The van der Waals surface area contributed by atoms with E-state index in [0.717, 1.165) is 11.6 Å². The fourth-order valence-electron chi connectivity index (χ4n) is 6.93. The predicted molar refractivity (Wildman–Crippen MR) is 200 cm³/mol. The largest absolute Gasteiger partial charge is 0.399 e. The standard InChI is InChI=1S/C42H45F2N2O5P/c1-28-45-38(51-46-28)31-20-23-33(24-21-31)41(37(47)30-18-12-9-13-19-30,26-14-17-29-15-10-8-11-16-29)27-32-22-25-34(42(43,44)52(48,49)50)36(40(5,6)7)35(32)39(2,3)4/h8-25H,26-27H2,1-7H3,(H2,48,49,50). The van der Waals surface area contributed by atoms with Gasteiger partial charge in [-0.15, -0.1) is 0 Å². The third-order valence-corrected chi connectivity index (χ3v) is 10.2. The number of carbonyl (C=O) groups excluding carboxylic acids is 1. The summed E-state index contributed by atoms with van der Waals surface area (Å²) in [5, 5.41) is 3.91. The Morgan fingerprint density at radius 3 is 1.90 bits per heavy atom. The summed E-state index contributed by atoms with van der Waals surface area (Å²) in [5.74, 6) is 0.643. The average molecular weight is 727 g/mol.